The minimum Gasteiger partial charge on any atom is -0.392 e. The molecule has 0 bridgehead atoms. The van der Waals surface area contributed by atoms with Crippen LogP contribution < -0.4 is 5.73 Å². The predicted molar refractivity (Wildman–Crippen MR) is 53.0 cm³/mol. The Kier molecular flexibility index (Phi) is 3.83. The van der Waals surface area contributed by atoms with Gasteiger partial charge < -0.3 is 10.8 Å². The molecule has 0 aromatic heterocycles. The lowest BCUT2D eigenvalue weighted by Crippen LogP contribution is -2.08. The maximum absolute atomic E-state index is 12.9. The van der Waals surface area contributed by atoms with Crippen molar-refractivity contribution in [1.82, 2.24) is 0 Å². The van der Waals surface area contributed by atoms with Gasteiger partial charge in [0, 0.05) is 5.56 Å². The second kappa shape index (κ2) is 5.13. The van der Waals surface area contributed by atoms with Crippen LogP contribution in [0.4, 0.5) is 4.39 Å². The highest BCUT2D eigenvalue weighted by Crippen LogP contribution is 2.08. The van der Waals surface area contributed by atoms with E-state index < -0.39 is 11.7 Å². The summed E-state index contributed by atoms with van der Waals surface area (Å²) in [5.74, 6) is 4.10. The highest BCUT2D eigenvalue weighted by atomic mass is 19.1. The van der Waals surface area contributed by atoms with Gasteiger partial charge >= 0.3 is 0 Å². The highest BCUT2D eigenvalue weighted by molar-refractivity contribution is 5.76. The molecule has 4 heteroatoms. The molecular weight excluding hydrogens is 197 g/mol. The summed E-state index contributed by atoms with van der Waals surface area (Å²) in [6, 6.07) is 4.00. The molecule has 1 aromatic rings. The van der Waals surface area contributed by atoms with E-state index in [1.807, 2.05) is 0 Å². The van der Waals surface area contributed by atoms with Gasteiger partial charge in [0.15, 0.2) is 0 Å². The van der Waals surface area contributed by atoms with Crippen LogP contribution in [0.5, 0.6) is 0 Å². The summed E-state index contributed by atoms with van der Waals surface area (Å²) in [4.78, 5) is 10.4. The van der Waals surface area contributed by atoms with Crippen molar-refractivity contribution < 1.29 is 14.3 Å². The van der Waals surface area contributed by atoms with Crippen LogP contribution in [-0.4, -0.2) is 11.0 Å². The van der Waals surface area contributed by atoms with Gasteiger partial charge in [0.1, 0.15) is 5.82 Å². The molecule has 0 fully saturated rings. The van der Waals surface area contributed by atoms with E-state index in [1.165, 1.54) is 12.1 Å². The van der Waals surface area contributed by atoms with Gasteiger partial charge in [-0.25, -0.2) is 4.39 Å². The summed E-state index contributed by atoms with van der Waals surface area (Å²) in [7, 11) is 0. The van der Waals surface area contributed by atoms with Crippen molar-refractivity contribution in [2.45, 2.75) is 13.0 Å². The Bertz CT molecular complexity index is 432. The molecule has 0 saturated carbocycles. The van der Waals surface area contributed by atoms with Crippen LogP contribution in [0.1, 0.15) is 17.5 Å². The van der Waals surface area contributed by atoms with Crippen molar-refractivity contribution >= 4 is 5.91 Å². The monoisotopic (exact) mass is 207 g/mol. The number of aliphatic hydroxyl groups is 1. The Labute approximate surface area is 86.7 Å². The van der Waals surface area contributed by atoms with Crippen molar-refractivity contribution in [3.8, 4) is 11.8 Å². The quantitative estimate of drug-likeness (QED) is 0.695. The van der Waals surface area contributed by atoms with Gasteiger partial charge in [0.05, 0.1) is 13.0 Å². The predicted octanol–water partition coefficient (Wildman–Crippen LogP) is 0.545. The molecule has 0 aliphatic carbocycles. The van der Waals surface area contributed by atoms with Crippen LogP contribution in [0.15, 0.2) is 18.2 Å². The fourth-order valence-corrected chi connectivity index (χ4v) is 1.05. The molecule has 3 N–H and O–H groups in total. The molecule has 0 atom stereocenters. The standard InChI is InChI=1S/C11H10FNO2/c12-10-5-8(2-1-3-11(13)15)4-9(6-10)7-14/h4-6,14H,3,7H2,(H2,13,15). The van der Waals surface area contributed by atoms with Gasteiger partial charge in [-0.15, -0.1) is 0 Å². The number of hydrogen-bond donors (Lipinski definition) is 2. The molecule has 0 radical (unpaired) electrons. The van der Waals surface area contributed by atoms with Crippen LogP contribution in [0.25, 0.3) is 0 Å². The average molecular weight is 207 g/mol. The zero-order chi connectivity index (χ0) is 11.3. The maximum atomic E-state index is 12.9. The third-order valence-corrected chi connectivity index (χ3v) is 1.64. The molecule has 0 unspecified atom stereocenters. The first kappa shape index (κ1) is 11.2. The second-order valence-corrected chi connectivity index (χ2v) is 2.95. The average Bonchev–Trinajstić information content (AvgIpc) is 2.16. The fourth-order valence-electron chi connectivity index (χ4n) is 1.05. The first-order valence-electron chi connectivity index (χ1n) is 4.29. The fraction of sp³-hybridized carbons (Fsp3) is 0.182. The zero-order valence-electron chi connectivity index (χ0n) is 7.96. The number of carbonyl (C=O) groups is 1. The Morgan fingerprint density at radius 3 is 2.80 bits per heavy atom. The third-order valence-electron chi connectivity index (χ3n) is 1.64. The van der Waals surface area contributed by atoms with E-state index in [4.69, 9.17) is 10.8 Å². The summed E-state index contributed by atoms with van der Waals surface area (Å²) in [6.45, 7) is -0.248. The van der Waals surface area contributed by atoms with Crippen LogP contribution in [-0.2, 0) is 11.4 Å². The van der Waals surface area contributed by atoms with Gasteiger partial charge in [0.25, 0.3) is 0 Å². The molecule has 15 heavy (non-hydrogen) atoms. The number of hydrogen-bond acceptors (Lipinski definition) is 2. The van der Waals surface area contributed by atoms with E-state index >= 15 is 0 Å². The van der Waals surface area contributed by atoms with Gasteiger partial charge in [-0.1, -0.05) is 11.8 Å². The molecule has 0 heterocycles. The van der Waals surface area contributed by atoms with Crippen LogP contribution in [0.3, 0.4) is 0 Å². The summed E-state index contributed by atoms with van der Waals surface area (Å²) in [6.07, 6.45) is -0.0645. The van der Waals surface area contributed by atoms with Gasteiger partial charge in [-0.2, -0.15) is 0 Å². The van der Waals surface area contributed by atoms with Gasteiger partial charge in [-0.05, 0) is 23.8 Å². The van der Waals surface area contributed by atoms with Gasteiger partial charge in [0.2, 0.25) is 5.91 Å². The van der Waals surface area contributed by atoms with Crippen LogP contribution >= 0.6 is 0 Å². The molecule has 78 valence electrons. The van der Waals surface area contributed by atoms with E-state index in [1.54, 1.807) is 6.07 Å². The first-order chi connectivity index (χ1) is 7.11. The van der Waals surface area contributed by atoms with Crippen molar-refractivity contribution in [1.29, 1.82) is 0 Å². The molecule has 0 saturated heterocycles. The Balaban J connectivity index is 2.88. The number of carbonyl (C=O) groups excluding carboxylic acids is 1. The smallest absolute Gasteiger partial charge is 0.229 e. The molecule has 3 nitrogen and oxygen atoms in total. The Morgan fingerprint density at radius 2 is 2.20 bits per heavy atom. The van der Waals surface area contributed by atoms with E-state index in [0.717, 1.165) is 0 Å². The number of nitrogens with two attached hydrogens (primary N) is 1. The van der Waals surface area contributed by atoms with Gasteiger partial charge in [-0.3, -0.25) is 4.79 Å². The number of halogens is 1. The molecule has 0 aliphatic rings. The number of primary amides is 1. The lowest BCUT2D eigenvalue weighted by atomic mass is 10.1. The minimum atomic E-state index is -0.527. The topological polar surface area (TPSA) is 63.3 Å². The van der Waals surface area contributed by atoms with E-state index in [0.29, 0.717) is 11.1 Å². The lowest BCUT2D eigenvalue weighted by Gasteiger charge is -1.97. The summed E-state index contributed by atoms with van der Waals surface area (Å²) >= 11 is 0. The van der Waals surface area contributed by atoms with Crippen LogP contribution in [0.2, 0.25) is 0 Å². The summed E-state index contributed by atoms with van der Waals surface area (Å²) < 4.78 is 12.9. The SMILES string of the molecule is NC(=O)CC#Cc1cc(F)cc(CO)c1. The highest BCUT2D eigenvalue weighted by Gasteiger charge is 1.97. The lowest BCUT2D eigenvalue weighted by molar-refractivity contribution is -0.117. The third kappa shape index (κ3) is 3.79. The largest absolute Gasteiger partial charge is 0.392 e. The summed E-state index contributed by atoms with van der Waals surface area (Å²) in [5, 5.41) is 8.81. The number of benzene rings is 1. The normalized spacial score (nSPS) is 9.20. The molecular formula is C11H10FNO2. The van der Waals surface area contributed by atoms with E-state index in [2.05, 4.69) is 11.8 Å². The molecule has 0 aliphatic heterocycles. The second-order valence-electron chi connectivity index (χ2n) is 2.95. The Hall–Kier alpha value is -1.86. The number of aliphatic hydroxyl groups excluding tert-OH is 1. The maximum Gasteiger partial charge on any atom is 0.229 e. The molecule has 0 spiro atoms. The van der Waals surface area contributed by atoms with Crippen molar-refractivity contribution in [2.75, 3.05) is 0 Å². The Morgan fingerprint density at radius 1 is 1.47 bits per heavy atom. The van der Waals surface area contributed by atoms with Crippen molar-refractivity contribution in [2.24, 2.45) is 5.73 Å². The number of amides is 1. The molecule has 1 aromatic carbocycles. The van der Waals surface area contributed by atoms with Crippen LogP contribution in [0, 0.1) is 17.7 Å². The summed E-state index contributed by atoms with van der Waals surface area (Å²) in [5.41, 5.74) is 5.75. The minimum absolute atomic E-state index is 0.0645. The first-order valence-corrected chi connectivity index (χ1v) is 4.29. The van der Waals surface area contributed by atoms with E-state index in [-0.39, 0.29) is 13.0 Å². The molecule has 1 rings (SSSR count). The van der Waals surface area contributed by atoms with Crippen molar-refractivity contribution in [3.05, 3.63) is 35.1 Å². The number of rotatable bonds is 2. The van der Waals surface area contributed by atoms with Crippen molar-refractivity contribution in [3.63, 3.8) is 0 Å². The zero-order valence-corrected chi connectivity index (χ0v) is 7.96. The van der Waals surface area contributed by atoms with E-state index in [9.17, 15) is 9.18 Å². The molecule has 1 amide bonds.